The van der Waals surface area contributed by atoms with Crippen molar-refractivity contribution in [2.75, 3.05) is 43.1 Å². The second-order valence-corrected chi connectivity index (χ2v) is 7.77. The van der Waals surface area contributed by atoms with Crippen LogP contribution in [0.3, 0.4) is 0 Å². The summed E-state index contributed by atoms with van der Waals surface area (Å²) in [4.78, 5) is 27.6. The number of anilines is 2. The molecule has 1 fully saturated rings. The SMILES string of the molecule is CCOc1ccc(-c2ccc(=O)n(C(C)C(=O)Nc3ccc(N4CCOCC4)cc3)n2)cc1. The van der Waals surface area contributed by atoms with Gasteiger partial charge < -0.3 is 19.7 Å². The molecule has 0 aliphatic carbocycles. The zero-order chi connectivity index (χ0) is 23.2. The second kappa shape index (κ2) is 10.3. The van der Waals surface area contributed by atoms with Crippen molar-refractivity contribution in [3.8, 4) is 17.0 Å². The lowest BCUT2D eigenvalue weighted by Gasteiger charge is -2.29. The lowest BCUT2D eigenvalue weighted by Crippen LogP contribution is -2.36. The molecule has 0 spiro atoms. The van der Waals surface area contributed by atoms with Gasteiger partial charge in [-0.25, -0.2) is 4.68 Å². The van der Waals surface area contributed by atoms with Crippen LogP contribution in [0, 0.1) is 0 Å². The van der Waals surface area contributed by atoms with Crippen molar-refractivity contribution in [2.24, 2.45) is 0 Å². The van der Waals surface area contributed by atoms with Gasteiger partial charge in [0.15, 0.2) is 0 Å². The Bertz CT molecular complexity index is 1140. The Balaban J connectivity index is 1.46. The van der Waals surface area contributed by atoms with E-state index in [4.69, 9.17) is 9.47 Å². The van der Waals surface area contributed by atoms with Crippen molar-refractivity contribution in [3.63, 3.8) is 0 Å². The Labute approximate surface area is 192 Å². The van der Waals surface area contributed by atoms with Gasteiger partial charge in [-0.1, -0.05) is 0 Å². The number of carbonyl (C=O) groups excluding carboxylic acids is 1. The average molecular weight is 449 g/mol. The summed E-state index contributed by atoms with van der Waals surface area (Å²) in [5, 5.41) is 7.32. The molecule has 0 bridgehead atoms. The van der Waals surface area contributed by atoms with E-state index in [2.05, 4.69) is 15.3 Å². The zero-order valence-corrected chi connectivity index (χ0v) is 18.9. The smallest absolute Gasteiger partial charge is 0.267 e. The number of morpholine rings is 1. The number of rotatable bonds is 7. The van der Waals surface area contributed by atoms with Gasteiger partial charge in [-0.15, -0.1) is 0 Å². The molecule has 1 aromatic heterocycles. The molecule has 1 N–H and O–H groups in total. The molecule has 172 valence electrons. The van der Waals surface area contributed by atoms with Gasteiger partial charge in [0.2, 0.25) is 5.91 Å². The van der Waals surface area contributed by atoms with E-state index in [1.807, 2.05) is 55.5 Å². The predicted molar refractivity (Wildman–Crippen MR) is 128 cm³/mol. The van der Waals surface area contributed by atoms with Crippen LogP contribution in [0.5, 0.6) is 5.75 Å². The molecule has 4 rings (SSSR count). The maximum Gasteiger partial charge on any atom is 0.267 e. The normalized spacial score (nSPS) is 14.5. The highest BCUT2D eigenvalue weighted by molar-refractivity contribution is 5.93. The Morgan fingerprint density at radius 1 is 1.06 bits per heavy atom. The van der Waals surface area contributed by atoms with Crippen molar-refractivity contribution < 1.29 is 14.3 Å². The van der Waals surface area contributed by atoms with Crippen LogP contribution in [0.4, 0.5) is 11.4 Å². The van der Waals surface area contributed by atoms with Crippen LogP contribution in [-0.4, -0.2) is 48.6 Å². The minimum atomic E-state index is -0.779. The number of amides is 1. The average Bonchev–Trinajstić information content (AvgIpc) is 2.86. The van der Waals surface area contributed by atoms with E-state index in [1.165, 1.54) is 10.7 Å². The highest BCUT2D eigenvalue weighted by atomic mass is 16.5. The van der Waals surface area contributed by atoms with Gasteiger partial charge >= 0.3 is 0 Å². The van der Waals surface area contributed by atoms with E-state index in [0.29, 0.717) is 31.2 Å². The van der Waals surface area contributed by atoms with Crippen molar-refractivity contribution >= 4 is 17.3 Å². The summed E-state index contributed by atoms with van der Waals surface area (Å²) < 4.78 is 12.1. The minimum absolute atomic E-state index is 0.312. The molecular weight excluding hydrogens is 420 g/mol. The molecule has 1 aliphatic rings. The van der Waals surface area contributed by atoms with Crippen LogP contribution in [0.1, 0.15) is 19.9 Å². The molecule has 2 heterocycles. The third-order valence-electron chi connectivity index (χ3n) is 5.54. The number of carbonyl (C=O) groups is 1. The maximum atomic E-state index is 12.9. The summed E-state index contributed by atoms with van der Waals surface area (Å²) in [6.07, 6.45) is 0. The van der Waals surface area contributed by atoms with Crippen LogP contribution in [0.25, 0.3) is 11.3 Å². The monoisotopic (exact) mass is 448 g/mol. The summed E-state index contributed by atoms with van der Waals surface area (Å²) >= 11 is 0. The summed E-state index contributed by atoms with van der Waals surface area (Å²) in [5.41, 5.74) is 2.85. The zero-order valence-electron chi connectivity index (χ0n) is 18.9. The Kier molecular flexibility index (Phi) is 7.04. The van der Waals surface area contributed by atoms with Crippen molar-refractivity contribution in [1.29, 1.82) is 0 Å². The quantitative estimate of drug-likeness (QED) is 0.597. The molecule has 1 saturated heterocycles. The molecule has 1 aliphatic heterocycles. The van der Waals surface area contributed by atoms with Gasteiger partial charge in [-0.3, -0.25) is 9.59 Å². The van der Waals surface area contributed by atoms with Crippen LogP contribution in [0.15, 0.2) is 65.5 Å². The largest absolute Gasteiger partial charge is 0.494 e. The third-order valence-corrected chi connectivity index (χ3v) is 5.54. The molecule has 0 radical (unpaired) electrons. The highest BCUT2D eigenvalue weighted by Gasteiger charge is 2.19. The number of benzene rings is 2. The van der Waals surface area contributed by atoms with Crippen molar-refractivity contribution in [1.82, 2.24) is 9.78 Å². The van der Waals surface area contributed by atoms with Gasteiger partial charge in [-0.05, 0) is 68.4 Å². The van der Waals surface area contributed by atoms with E-state index >= 15 is 0 Å². The fourth-order valence-electron chi connectivity index (χ4n) is 3.68. The van der Waals surface area contributed by atoms with Gasteiger partial charge in [0.25, 0.3) is 5.56 Å². The first-order valence-electron chi connectivity index (χ1n) is 11.1. The van der Waals surface area contributed by atoms with Crippen molar-refractivity contribution in [3.05, 3.63) is 71.0 Å². The van der Waals surface area contributed by atoms with Crippen molar-refractivity contribution in [2.45, 2.75) is 19.9 Å². The summed E-state index contributed by atoms with van der Waals surface area (Å²) in [7, 11) is 0. The third kappa shape index (κ3) is 5.40. The number of aromatic nitrogens is 2. The molecule has 33 heavy (non-hydrogen) atoms. The standard InChI is InChI=1S/C25H28N4O4/c1-3-33-22-10-4-19(5-11-22)23-12-13-24(30)29(27-23)18(2)25(31)26-20-6-8-21(9-7-20)28-14-16-32-17-15-28/h4-13,18H,3,14-17H2,1-2H3,(H,26,31). The van der Waals surface area contributed by atoms with E-state index < -0.39 is 6.04 Å². The Morgan fingerprint density at radius 2 is 1.76 bits per heavy atom. The maximum absolute atomic E-state index is 12.9. The second-order valence-electron chi connectivity index (χ2n) is 7.77. The molecule has 3 aromatic rings. The number of nitrogens with zero attached hydrogens (tertiary/aromatic N) is 3. The van der Waals surface area contributed by atoms with Crippen LogP contribution < -0.4 is 20.5 Å². The molecule has 1 atom stereocenters. The minimum Gasteiger partial charge on any atom is -0.494 e. The van der Waals surface area contributed by atoms with E-state index in [-0.39, 0.29) is 11.5 Å². The fraction of sp³-hybridized carbons (Fsp3) is 0.320. The van der Waals surface area contributed by atoms with Crippen LogP contribution in [0.2, 0.25) is 0 Å². The lowest BCUT2D eigenvalue weighted by atomic mass is 10.1. The highest BCUT2D eigenvalue weighted by Crippen LogP contribution is 2.22. The fourth-order valence-corrected chi connectivity index (χ4v) is 3.68. The number of nitrogens with one attached hydrogen (secondary N) is 1. The predicted octanol–water partition coefficient (Wildman–Crippen LogP) is 3.35. The molecule has 0 saturated carbocycles. The first-order valence-corrected chi connectivity index (χ1v) is 11.1. The van der Waals surface area contributed by atoms with Gasteiger partial charge in [-0.2, -0.15) is 5.10 Å². The molecular formula is C25H28N4O4. The molecule has 1 amide bonds. The Morgan fingerprint density at radius 3 is 2.42 bits per heavy atom. The summed E-state index contributed by atoms with van der Waals surface area (Å²) in [5.74, 6) is 0.453. The first-order chi connectivity index (χ1) is 16.0. The molecule has 8 heteroatoms. The summed E-state index contributed by atoms with van der Waals surface area (Å²) in [6, 6.07) is 17.4. The molecule has 2 aromatic carbocycles. The van der Waals surface area contributed by atoms with E-state index in [9.17, 15) is 9.59 Å². The first kappa shape index (κ1) is 22.5. The topological polar surface area (TPSA) is 85.7 Å². The van der Waals surface area contributed by atoms with Crippen LogP contribution >= 0.6 is 0 Å². The number of hydrogen-bond acceptors (Lipinski definition) is 6. The Hall–Kier alpha value is -3.65. The van der Waals surface area contributed by atoms with Gasteiger partial charge in [0.1, 0.15) is 11.8 Å². The number of ether oxygens (including phenoxy) is 2. The molecule has 8 nitrogen and oxygen atoms in total. The lowest BCUT2D eigenvalue weighted by molar-refractivity contribution is -0.119. The van der Waals surface area contributed by atoms with Gasteiger partial charge in [0.05, 0.1) is 25.5 Å². The summed E-state index contributed by atoms with van der Waals surface area (Å²) in [6.45, 7) is 7.31. The molecule has 1 unspecified atom stereocenters. The van der Waals surface area contributed by atoms with E-state index in [0.717, 1.165) is 30.1 Å². The van der Waals surface area contributed by atoms with Gasteiger partial charge in [0, 0.05) is 36.1 Å². The number of hydrogen-bond donors (Lipinski definition) is 1. The van der Waals surface area contributed by atoms with E-state index in [1.54, 1.807) is 13.0 Å². The van der Waals surface area contributed by atoms with Crippen LogP contribution in [-0.2, 0) is 9.53 Å².